The molecule has 0 spiro atoms. The lowest BCUT2D eigenvalue weighted by atomic mass is 10.1. The van der Waals surface area contributed by atoms with E-state index < -0.39 is 0 Å². The molecule has 5 nitrogen and oxygen atoms in total. The number of nitrogens with zero attached hydrogens (tertiary/aromatic N) is 4. The maximum absolute atomic E-state index is 5.90. The van der Waals surface area contributed by atoms with Gasteiger partial charge in [0.05, 0.1) is 23.0 Å². The van der Waals surface area contributed by atoms with E-state index in [1.165, 1.54) is 0 Å². The monoisotopic (exact) mass is 304 g/mol. The molecule has 0 N–H and O–H groups in total. The van der Waals surface area contributed by atoms with Crippen molar-refractivity contribution in [3.63, 3.8) is 0 Å². The highest BCUT2D eigenvalue weighted by molar-refractivity contribution is 7.09. The summed E-state index contributed by atoms with van der Waals surface area (Å²) in [5, 5.41) is 3.26. The molecule has 0 aromatic carbocycles. The summed E-state index contributed by atoms with van der Waals surface area (Å²) in [6, 6.07) is 2.02. The molecule has 6 heteroatoms. The fourth-order valence-electron chi connectivity index (χ4n) is 2.65. The molecule has 1 aliphatic rings. The number of thiazole rings is 1. The van der Waals surface area contributed by atoms with E-state index in [0.717, 1.165) is 54.2 Å². The molecular formula is C15H20N4OS. The van der Waals surface area contributed by atoms with Crippen LogP contribution in [0.25, 0.3) is 0 Å². The highest BCUT2D eigenvalue weighted by atomic mass is 32.1. The van der Waals surface area contributed by atoms with Gasteiger partial charge in [0.2, 0.25) is 0 Å². The van der Waals surface area contributed by atoms with E-state index in [-0.39, 0.29) is 6.10 Å². The fourth-order valence-corrected chi connectivity index (χ4v) is 3.25. The molecule has 3 rings (SSSR count). The molecule has 1 aliphatic heterocycles. The predicted molar refractivity (Wildman–Crippen MR) is 82.3 cm³/mol. The largest absolute Gasteiger partial charge is 0.369 e. The van der Waals surface area contributed by atoms with E-state index in [0.29, 0.717) is 0 Å². The van der Waals surface area contributed by atoms with Crippen LogP contribution in [0.15, 0.2) is 11.4 Å². The van der Waals surface area contributed by atoms with Gasteiger partial charge in [0.15, 0.2) is 0 Å². The minimum Gasteiger partial charge on any atom is -0.369 e. The predicted octanol–water partition coefficient (Wildman–Crippen LogP) is 2.43. The van der Waals surface area contributed by atoms with E-state index in [2.05, 4.69) is 25.2 Å². The van der Waals surface area contributed by atoms with Crippen LogP contribution in [-0.4, -0.2) is 39.5 Å². The van der Waals surface area contributed by atoms with Gasteiger partial charge in [-0.2, -0.15) is 0 Å². The van der Waals surface area contributed by atoms with Crippen LogP contribution >= 0.6 is 11.3 Å². The van der Waals surface area contributed by atoms with Crippen molar-refractivity contribution in [2.75, 3.05) is 19.7 Å². The highest BCUT2D eigenvalue weighted by Crippen LogP contribution is 2.22. The summed E-state index contributed by atoms with van der Waals surface area (Å²) in [5.41, 5.74) is 3.13. The summed E-state index contributed by atoms with van der Waals surface area (Å²) in [6.07, 6.45) is 0.0267. The smallest absolute Gasteiger partial charge is 0.125 e. The summed E-state index contributed by atoms with van der Waals surface area (Å²) in [6.45, 7) is 9.38. The molecule has 0 bridgehead atoms. The lowest BCUT2D eigenvalue weighted by Crippen LogP contribution is -2.38. The van der Waals surface area contributed by atoms with E-state index in [4.69, 9.17) is 4.74 Å². The first-order valence-electron chi connectivity index (χ1n) is 7.17. The zero-order valence-corrected chi connectivity index (χ0v) is 13.5. The van der Waals surface area contributed by atoms with Gasteiger partial charge in [-0.15, -0.1) is 11.3 Å². The molecule has 0 amide bonds. The van der Waals surface area contributed by atoms with Crippen molar-refractivity contribution in [1.82, 2.24) is 19.9 Å². The van der Waals surface area contributed by atoms with Gasteiger partial charge < -0.3 is 4.74 Å². The molecule has 21 heavy (non-hydrogen) atoms. The van der Waals surface area contributed by atoms with Gasteiger partial charge in [-0.05, 0) is 26.8 Å². The minimum absolute atomic E-state index is 0.0267. The average molecular weight is 304 g/mol. The van der Waals surface area contributed by atoms with Gasteiger partial charge in [0, 0.05) is 30.7 Å². The first-order chi connectivity index (χ1) is 10.1. The molecule has 0 saturated carbocycles. The van der Waals surface area contributed by atoms with Crippen LogP contribution < -0.4 is 0 Å². The second kappa shape index (κ2) is 6.17. The molecule has 0 radical (unpaired) electrons. The quantitative estimate of drug-likeness (QED) is 0.871. The molecule has 112 valence electrons. The molecule has 3 heterocycles. The minimum atomic E-state index is 0.0267. The number of hydrogen-bond donors (Lipinski definition) is 0. The van der Waals surface area contributed by atoms with E-state index >= 15 is 0 Å². The summed E-state index contributed by atoms with van der Waals surface area (Å²) in [4.78, 5) is 15.8. The van der Waals surface area contributed by atoms with E-state index in [1.54, 1.807) is 11.3 Å². The molecule has 1 atom stereocenters. The van der Waals surface area contributed by atoms with Crippen molar-refractivity contribution < 1.29 is 4.74 Å². The molecule has 1 unspecified atom stereocenters. The molecular weight excluding hydrogens is 284 g/mol. The van der Waals surface area contributed by atoms with Crippen molar-refractivity contribution in [1.29, 1.82) is 0 Å². The van der Waals surface area contributed by atoms with Crippen molar-refractivity contribution >= 4 is 11.3 Å². The summed E-state index contributed by atoms with van der Waals surface area (Å²) in [5.74, 6) is 0.806. The van der Waals surface area contributed by atoms with Crippen molar-refractivity contribution in [2.24, 2.45) is 0 Å². The van der Waals surface area contributed by atoms with Crippen LogP contribution in [0.2, 0.25) is 0 Å². The summed E-state index contributed by atoms with van der Waals surface area (Å²) in [7, 11) is 0. The Morgan fingerprint density at radius 2 is 2.14 bits per heavy atom. The Balaban J connectivity index is 1.70. The van der Waals surface area contributed by atoms with Gasteiger partial charge in [0.25, 0.3) is 0 Å². The van der Waals surface area contributed by atoms with Gasteiger partial charge in [0.1, 0.15) is 11.9 Å². The second-order valence-electron chi connectivity index (χ2n) is 5.43. The van der Waals surface area contributed by atoms with Crippen LogP contribution in [0.3, 0.4) is 0 Å². The number of rotatable bonds is 3. The van der Waals surface area contributed by atoms with Crippen molar-refractivity contribution in [3.05, 3.63) is 39.4 Å². The summed E-state index contributed by atoms with van der Waals surface area (Å²) < 4.78 is 5.90. The summed E-state index contributed by atoms with van der Waals surface area (Å²) >= 11 is 1.70. The van der Waals surface area contributed by atoms with E-state index in [1.807, 2.05) is 26.8 Å². The number of aryl methyl sites for hydroxylation is 3. The number of hydrogen-bond acceptors (Lipinski definition) is 6. The Hall–Kier alpha value is -1.37. The van der Waals surface area contributed by atoms with Crippen LogP contribution in [0.1, 0.15) is 34.0 Å². The topological polar surface area (TPSA) is 51.1 Å². The van der Waals surface area contributed by atoms with Crippen molar-refractivity contribution in [2.45, 2.75) is 33.4 Å². The first-order valence-corrected chi connectivity index (χ1v) is 8.05. The lowest BCUT2D eigenvalue weighted by molar-refractivity contribution is -0.0354. The Morgan fingerprint density at radius 1 is 1.29 bits per heavy atom. The number of morpholine rings is 1. The molecule has 1 fully saturated rings. The normalized spacial score (nSPS) is 19.9. The maximum atomic E-state index is 5.90. The Kier molecular flexibility index (Phi) is 4.28. The Morgan fingerprint density at radius 3 is 2.86 bits per heavy atom. The zero-order chi connectivity index (χ0) is 14.8. The third-order valence-corrected chi connectivity index (χ3v) is 4.34. The molecule has 1 saturated heterocycles. The van der Waals surface area contributed by atoms with Gasteiger partial charge in [-0.25, -0.2) is 15.0 Å². The molecule has 2 aromatic heterocycles. The van der Waals surface area contributed by atoms with Gasteiger partial charge in [-0.1, -0.05) is 0 Å². The van der Waals surface area contributed by atoms with Crippen LogP contribution in [0.5, 0.6) is 0 Å². The standard InChI is InChI=1S/C15H20N4OS/c1-10-6-14(17-11(2)16-10)15-8-19(4-5-20-15)7-13-9-21-12(3)18-13/h6,9,15H,4-5,7-8H2,1-3H3. The van der Waals surface area contributed by atoms with Crippen LogP contribution in [-0.2, 0) is 11.3 Å². The van der Waals surface area contributed by atoms with Crippen LogP contribution in [0, 0.1) is 20.8 Å². The average Bonchev–Trinajstić information content (AvgIpc) is 2.83. The van der Waals surface area contributed by atoms with Gasteiger partial charge in [-0.3, -0.25) is 4.90 Å². The third kappa shape index (κ3) is 3.64. The van der Waals surface area contributed by atoms with E-state index in [9.17, 15) is 0 Å². The number of aromatic nitrogens is 3. The maximum Gasteiger partial charge on any atom is 0.125 e. The Bertz CT molecular complexity index is 608. The van der Waals surface area contributed by atoms with Crippen molar-refractivity contribution in [3.8, 4) is 0 Å². The molecule has 2 aromatic rings. The second-order valence-corrected chi connectivity index (χ2v) is 6.50. The van der Waals surface area contributed by atoms with Gasteiger partial charge >= 0.3 is 0 Å². The molecule has 0 aliphatic carbocycles. The van der Waals surface area contributed by atoms with Crippen LogP contribution in [0.4, 0.5) is 0 Å². The highest BCUT2D eigenvalue weighted by Gasteiger charge is 2.24. The first kappa shape index (κ1) is 14.6. The Labute approximate surface area is 129 Å². The third-order valence-electron chi connectivity index (χ3n) is 3.52. The zero-order valence-electron chi connectivity index (χ0n) is 12.7. The number of ether oxygens (including phenoxy) is 1. The SMILES string of the molecule is Cc1cc(C2CN(Cc3csc(C)n3)CCO2)nc(C)n1. The fraction of sp³-hybridized carbons (Fsp3) is 0.533. The lowest BCUT2D eigenvalue weighted by Gasteiger charge is -2.32.